The second-order valence-electron chi connectivity index (χ2n) is 4.88. The molecule has 1 fully saturated rings. The van der Waals surface area contributed by atoms with Gasteiger partial charge in [-0.2, -0.15) is 0 Å². The summed E-state index contributed by atoms with van der Waals surface area (Å²) >= 11 is 1.61. The number of rotatable bonds is 3. The van der Waals surface area contributed by atoms with E-state index in [1.807, 2.05) is 11.4 Å². The molecule has 106 valence electrons. The minimum absolute atomic E-state index is 0.267. The summed E-state index contributed by atoms with van der Waals surface area (Å²) in [5.74, 6) is -0.0829. The Kier molecular flexibility index (Phi) is 3.87. The number of anilines is 1. The first-order valence-electron chi connectivity index (χ1n) is 6.83. The molecule has 1 aliphatic heterocycles. The number of halogens is 1. The molecule has 0 amide bonds. The molecule has 20 heavy (non-hydrogen) atoms. The summed E-state index contributed by atoms with van der Waals surface area (Å²) < 4.78 is 18.9. The summed E-state index contributed by atoms with van der Waals surface area (Å²) in [5, 5.41) is 2.99. The monoisotopic (exact) mass is 292 g/mol. The van der Waals surface area contributed by atoms with Gasteiger partial charge in [-0.05, 0) is 31.4 Å². The molecular formula is C15H17FN2OS. The van der Waals surface area contributed by atoms with Crippen molar-refractivity contribution in [3.8, 4) is 17.0 Å². The molecule has 1 saturated heterocycles. The van der Waals surface area contributed by atoms with Crippen LogP contribution in [-0.2, 0) is 0 Å². The van der Waals surface area contributed by atoms with Crippen LogP contribution in [0.15, 0.2) is 23.6 Å². The van der Waals surface area contributed by atoms with Crippen molar-refractivity contribution in [2.24, 2.45) is 0 Å². The van der Waals surface area contributed by atoms with Crippen molar-refractivity contribution >= 4 is 16.5 Å². The van der Waals surface area contributed by atoms with Crippen LogP contribution in [0, 0.1) is 5.82 Å². The minimum atomic E-state index is -0.350. The molecule has 1 aromatic heterocycles. The summed E-state index contributed by atoms with van der Waals surface area (Å²) in [6, 6.07) is 4.93. The number of benzene rings is 1. The summed E-state index contributed by atoms with van der Waals surface area (Å²) in [7, 11) is 1.49. The SMILES string of the molecule is COc1c(F)cccc1-c1csc(N2CCCCC2)n1. The van der Waals surface area contributed by atoms with Gasteiger partial charge in [0.25, 0.3) is 0 Å². The van der Waals surface area contributed by atoms with E-state index >= 15 is 0 Å². The van der Waals surface area contributed by atoms with Crippen LogP contribution in [0.4, 0.5) is 9.52 Å². The highest BCUT2D eigenvalue weighted by atomic mass is 32.1. The molecule has 1 aromatic carbocycles. The van der Waals surface area contributed by atoms with E-state index < -0.39 is 0 Å². The molecule has 0 N–H and O–H groups in total. The molecule has 2 aromatic rings. The predicted octanol–water partition coefficient (Wildman–Crippen LogP) is 3.95. The van der Waals surface area contributed by atoms with Crippen molar-refractivity contribution in [2.75, 3.05) is 25.1 Å². The van der Waals surface area contributed by atoms with Gasteiger partial charge in [0, 0.05) is 24.0 Å². The second-order valence-corrected chi connectivity index (χ2v) is 5.72. The Bertz CT molecular complexity index is 593. The summed E-state index contributed by atoms with van der Waals surface area (Å²) in [6.07, 6.45) is 3.74. The molecule has 1 aliphatic rings. The van der Waals surface area contributed by atoms with Crippen molar-refractivity contribution < 1.29 is 9.13 Å². The third-order valence-electron chi connectivity index (χ3n) is 3.57. The third-order valence-corrected chi connectivity index (χ3v) is 4.47. The molecule has 0 aliphatic carbocycles. The lowest BCUT2D eigenvalue weighted by atomic mass is 10.1. The van der Waals surface area contributed by atoms with E-state index in [2.05, 4.69) is 9.88 Å². The van der Waals surface area contributed by atoms with Crippen LogP contribution < -0.4 is 9.64 Å². The van der Waals surface area contributed by atoms with Gasteiger partial charge in [0.05, 0.1) is 12.8 Å². The first kappa shape index (κ1) is 13.4. The highest BCUT2D eigenvalue weighted by Gasteiger charge is 2.17. The number of aromatic nitrogens is 1. The van der Waals surface area contributed by atoms with Crippen LogP contribution in [-0.4, -0.2) is 25.2 Å². The average Bonchev–Trinajstić information content (AvgIpc) is 2.97. The molecular weight excluding hydrogens is 275 g/mol. The fourth-order valence-corrected chi connectivity index (χ4v) is 3.42. The number of methoxy groups -OCH3 is 1. The standard InChI is InChI=1S/C15H17FN2OS/c1-19-14-11(6-5-7-12(14)16)13-10-20-15(17-13)18-8-3-2-4-9-18/h5-7,10H,2-4,8-9H2,1H3. The maximum absolute atomic E-state index is 13.7. The molecule has 0 spiro atoms. The van der Waals surface area contributed by atoms with Gasteiger partial charge in [-0.15, -0.1) is 11.3 Å². The van der Waals surface area contributed by atoms with Gasteiger partial charge in [-0.25, -0.2) is 9.37 Å². The van der Waals surface area contributed by atoms with E-state index in [1.54, 1.807) is 17.4 Å². The van der Waals surface area contributed by atoms with E-state index in [0.717, 1.165) is 23.9 Å². The Morgan fingerprint density at radius 3 is 2.80 bits per heavy atom. The lowest BCUT2D eigenvalue weighted by Gasteiger charge is -2.25. The van der Waals surface area contributed by atoms with Crippen LogP contribution >= 0.6 is 11.3 Å². The zero-order chi connectivity index (χ0) is 13.9. The lowest BCUT2D eigenvalue weighted by Crippen LogP contribution is -2.29. The Morgan fingerprint density at radius 1 is 1.25 bits per heavy atom. The van der Waals surface area contributed by atoms with Crippen molar-refractivity contribution in [1.29, 1.82) is 0 Å². The van der Waals surface area contributed by atoms with Gasteiger partial charge in [0.2, 0.25) is 0 Å². The van der Waals surface area contributed by atoms with Gasteiger partial charge in [0.1, 0.15) is 0 Å². The number of ether oxygens (including phenoxy) is 1. The highest BCUT2D eigenvalue weighted by molar-refractivity contribution is 7.14. The highest BCUT2D eigenvalue weighted by Crippen LogP contribution is 2.35. The van der Waals surface area contributed by atoms with E-state index in [9.17, 15) is 4.39 Å². The number of thiazole rings is 1. The Balaban J connectivity index is 1.92. The number of nitrogens with zero attached hydrogens (tertiary/aromatic N) is 2. The Morgan fingerprint density at radius 2 is 2.05 bits per heavy atom. The number of hydrogen-bond acceptors (Lipinski definition) is 4. The van der Waals surface area contributed by atoms with Crippen molar-refractivity contribution in [1.82, 2.24) is 4.98 Å². The number of para-hydroxylation sites is 1. The number of piperidine rings is 1. The fraction of sp³-hybridized carbons (Fsp3) is 0.400. The minimum Gasteiger partial charge on any atom is -0.493 e. The number of hydrogen-bond donors (Lipinski definition) is 0. The van der Waals surface area contributed by atoms with E-state index in [1.165, 1.54) is 32.4 Å². The van der Waals surface area contributed by atoms with Crippen LogP contribution in [0.1, 0.15) is 19.3 Å². The molecule has 3 rings (SSSR count). The van der Waals surface area contributed by atoms with Crippen LogP contribution in [0.5, 0.6) is 5.75 Å². The zero-order valence-electron chi connectivity index (χ0n) is 11.4. The Hall–Kier alpha value is -1.62. The largest absolute Gasteiger partial charge is 0.493 e. The van der Waals surface area contributed by atoms with Crippen molar-refractivity contribution in [3.63, 3.8) is 0 Å². The van der Waals surface area contributed by atoms with E-state index in [4.69, 9.17) is 4.74 Å². The average molecular weight is 292 g/mol. The van der Waals surface area contributed by atoms with Gasteiger partial charge in [-0.3, -0.25) is 0 Å². The molecule has 5 heteroatoms. The third kappa shape index (κ3) is 2.50. The van der Waals surface area contributed by atoms with Crippen LogP contribution in [0.3, 0.4) is 0 Å². The molecule has 0 radical (unpaired) electrons. The predicted molar refractivity (Wildman–Crippen MR) is 80.1 cm³/mol. The first-order valence-corrected chi connectivity index (χ1v) is 7.71. The second kappa shape index (κ2) is 5.79. The quantitative estimate of drug-likeness (QED) is 0.856. The lowest BCUT2D eigenvalue weighted by molar-refractivity contribution is 0.388. The molecule has 3 nitrogen and oxygen atoms in total. The smallest absolute Gasteiger partial charge is 0.185 e. The maximum atomic E-state index is 13.7. The Labute approximate surface area is 122 Å². The van der Waals surface area contributed by atoms with E-state index in [0.29, 0.717) is 5.56 Å². The molecule has 0 atom stereocenters. The van der Waals surface area contributed by atoms with Crippen molar-refractivity contribution in [3.05, 3.63) is 29.4 Å². The van der Waals surface area contributed by atoms with Gasteiger partial charge < -0.3 is 9.64 Å². The zero-order valence-corrected chi connectivity index (χ0v) is 12.3. The van der Waals surface area contributed by atoms with Gasteiger partial charge in [0.15, 0.2) is 16.7 Å². The topological polar surface area (TPSA) is 25.4 Å². The summed E-state index contributed by atoms with van der Waals surface area (Å²) in [4.78, 5) is 6.96. The van der Waals surface area contributed by atoms with E-state index in [-0.39, 0.29) is 11.6 Å². The van der Waals surface area contributed by atoms with Crippen molar-refractivity contribution in [2.45, 2.75) is 19.3 Å². The fourth-order valence-electron chi connectivity index (χ4n) is 2.54. The molecule has 0 unspecified atom stereocenters. The van der Waals surface area contributed by atoms with Gasteiger partial charge in [-0.1, -0.05) is 6.07 Å². The summed E-state index contributed by atoms with van der Waals surface area (Å²) in [5.41, 5.74) is 1.50. The molecule has 0 bridgehead atoms. The first-order chi connectivity index (χ1) is 9.79. The normalized spacial score (nSPS) is 15.4. The van der Waals surface area contributed by atoms with Crippen LogP contribution in [0.2, 0.25) is 0 Å². The molecule has 2 heterocycles. The summed E-state index contributed by atoms with van der Waals surface area (Å²) in [6.45, 7) is 2.13. The molecule has 0 saturated carbocycles. The van der Waals surface area contributed by atoms with Crippen LogP contribution in [0.25, 0.3) is 11.3 Å². The maximum Gasteiger partial charge on any atom is 0.185 e. The van der Waals surface area contributed by atoms with Gasteiger partial charge >= 0.3 is 0 Å².